The van der Waals surface area contributed by atoms with E-state index in [1.54, 1.807) is 0 Å². The Morgan fingerprint density at radius 1 is 1.09 bits per heavy atom. The smallest absolute Gasteiger partial charge is 0.282 e. The van der Waals surface area contributed by atoms with E-state index >= 15 is 0 Å². The number of ketones is 1. The van der Waals surface area contributed by atoms with Gasteiger partial charge in [-0.05, 0) is 50.1 Å². The topological polar surface area (TPSA) is 118 Å². The normalized spacial score (nSPS) is 19.5. The molecular weight excluding hydrogens is 445 g/mol. The van der Waals surface area contributed by atoms with E-state index in [0.29, 0.717) is 22.9 Å². The van der Waals surface area contributed by atoms with Crippen molar-refractivity contribution in [1.82, 2.24) is 10.0 Å². The lowest BCUT2D eigenvalue weighted by Gasteiger charge is -2.30. The van der Waals surface area contributed by atoms with Crippen molar-refractivity contribution in [2.75, 3.05) is 6.54 Å². The van der Waals surface area contributed by atoms with Crippen LogP contribution in [0.2, 0.25) is 0 Å². The first kappa shape index (κ1) is 23.0. The summed E-state index contributed by atoms with van der Waals surface area (Å²) in [6.07, 6.45) is 2.51. The zero-order chi connectivity index (χ0) is 24.6. The molecule has 1 aliphatic heterocycles. The van der Waals surface area contributed by atoms with Crippen molar-refractivity contribution in [3.63, 3.8) is 0 Å². The summed E-state index contributed by atoms with van der Waals surface area (Å²) in [6.45, 7) is 1.10. The van der Waals surface area contributed by atoms with Gasteiger partial charge in [-0.15, -0.1) is 0 Å². The van der Waals surface area contributed by atoms with Crippen LogP contribution in [0.5, 0.6) is 0 Å². The zero-order valence-electron chi connectivity index (χ0n) is 18.1. The highest BCUT2D eigenvalue weighted by Crippen LogP contribution is 2.39. The van der Waals surface area contributed by atoms with Crippen LogP contribution in [0.4, 0.5) is 10.1 Å². The second-order valence-electron chi connectivity index (χ2n) is 8.26. The van der Waals surface area contributed by atoms with Crippen LogP contribution in [-0.2, 0) is 9.59 Å². The van der Waals surface area contributed by atoms with Crippen molar-refractivity contribution in [1.29, 1.82) is 0 Å². The third-order valence-corrected chi connectivity index (χ3v) is 6.07. The molecule has 2 aromatic carbocycles. The van der Waals surface area contributed by atoms with Crippen LogP contribution >= 0.6 is 0 Å². The second-order valence-corrected chi connectivity index (χ2v) is 8.26. The summed E-state index contributed by atoms with van der Waals surface area (Å²) in [5, 5.41) is 12.8. The van der Waals surface area contributed by atoms with Crippen LogP contribution in [0.15, 0.2) is 60.2 Å². The lowest BCUT2D eigenvalue weighted by molar-refractivity contribution is -0.385. The number of halogens is 1. The molecule has 0 spiro atoms. The maximum atomic E-state index is 13.5. The average molecular weight is 465 g/mol. The minimum atomic E-state index is -1.03. The Morgan fingerprint density at radius 2 is 1.74 bits per heavy atom. The molecule has 0 N–H and O–H groups in total. The number of benzene rings is 2. The Kier molecular flexibility index (Phi) is 6.06. The Hall–Kier alpha value is -4.21. The number of hydrogen-bond acceptors (Lipinski definition) is 6. The van der Waals surface area contributed by atoms with Gasteiger partial charge in [-0.3, -0.25) is 29.3 Å². The number of nitro benzene ring substituents is 1. The lowest BCUT2D eigenvalue weighted by atomic mass is 9.82. The summed E-state index contributed by atoms with van der Waals surface area (Å²) >= 11 is 0. The molecule has 0 saturated carbocycles. The summed E-state index contributed by atoms with van der Waals surface area (Å²) in [7, 11) is 0. The third-order valence-electron chi connectivity index (χ3n) is 6.07. The van der Waals surface area contributed by atoms with Gasteiger partial charge in [0, 0.05) is 11.6 Å². The third kappa shape index (κ3) is 4.09. The number of hydrogen-bond donors (Lipinski definition) is 0. The number of carbonyl (C=O) groups excluding carboxylic acids is 4. The molecule has 4 rings (SSSR count). The van der Waals surface area contributed by atoms with Crippen LogP contribution in [0, 0.1) is 27.8 Å². The number of rotatable bonds is 6. The molecule has 174 valence electrons. The highest BCUT2D eigenvalue weighted by atomic mass is 19.1. The first-order valence-electron chi connectivity index (χ1n) is 10.6. The van der Waals surface area contributed by atoms with Crippen molar-refractivity contribution in [3.8, 4) is 0 Å². The molecule has 1 aliphatic carbocycles. The number of carbonyl (C=O) groups is 4. The molecule has 3 amide bonds. The predicted molar refractivity (Wildman–Crippen MR) is 117 cm³/mol. The first-order chi connectivity index (χ1) is 16.2. The van der Waals surface area contributed by atoms with Crippen molar-refractivity contribution in [2.24, 2.45) is 11.8 Å². The fourth-order valence-corrected chi connectivity index (χ4v) is 4.31. The van der Waals surface area contributed by atoms with Gasteiger partial charge in [-0.2, -0.15) is 5.01 Å². The maximum absolute atomic E-state index is 13.5. The van der Waals surface area contributed by atoms with Crippen molar-refractivity contribution in [3.05, 3.63) is 87.2 Å². The molecule has 0 bridgehead atoms. The van der Waals surface area contributed by atoms with Gasteiger partial charge in [0.1, 0.15) is 17.9 Å². The summed E-state index contributed by atoms with van der Waals surface area (Å²) in [4.78, 5) is 63.6. The van der Waals surface area contributed by atoms with Gasteiger partial charge < -0.3 is 0 Å². The average Bonchev–Trinajstić information content (AvgIpc) is 3.06. The number of nitrogens with zero attached hydrogens (tertiary/aromatic N) is 3. The standard InChI is InChI=1S/C24H20FN3O6/c1-14-6-11-17-19(12-14)24(32)27(23(17)31)26(13-21(29)15-7-9-16(25)10-8-15)22(30)18-4-2-3-5-20(18)28(33)34/h2-10,17,19H,11-13H2,1H3/t17-,19-/m0/s1. The van der Waals surface area contributed by atoms with Gasteiger partial charge in [0.05, 0.1) is 16.8 Å². The number of hydrazine groups is 1. The summed E-state index contributed by atoms with van der Waals surface area (Å²) in [6, 6.07) is 9.65. The molecule has 34 heavy (non-hydrogen) atoms. The van der Waals surface area contributed by atoms with Gasteiger partial charge in [-0.1, -0.05) is 23.8 Å². The highest BCUT2D eigenvalue weighted by molar-refractivity contribution is 6.10. The van der Waals surface area contributed by atoms with E-state index in [-0.39, 0.29) is 11.1 Å². The number of allylic oxidation sites excluding steroid dienone is 2. The number of para-hydroxylation sites is 1. The number of Topliss-reactive ketones (excluding diaryl/α,β-unsaturated/α-hetero) is 1. The molecule has 2 aromatic rings. The van der Waals surface area contributed by atoms with Gasteiger partial charge >= 0.3 is 0 Å². The number of imide groups is 1. The van der Waals surface area contributed by atoms with E-state index in [2.05, 4.69) is 0 Å². The lowest BCUT2D eigenvalue weighted by Crippen LogP contribution is -2.52. The summed E-state index contributed by atoms with van der Waals surface area (Å²) in [5.74, 6) is -4.91. The van der Waals surface area contributed by atoms with Gasteiger partial charge in [0.2, 0.25) is 0 Å². The van der Waals surface area contributed by atoms with Gasteiger partial charge in [0.25, 0.3) is 23.4 Å². The van der Waals surface area contributed by atoms with Gasteiger partial charge in [-0.25, -0.2) is 9.40 Å². The molecule has 2 aliphatic rings. The van der Waals surface area contributed by atoms with Crippen LogP contribution in [0.1, 0.15) is 40.5 Å². The Bertz CT molecular complexity index is 1240. The number of amides is 3. The zero-order valence-corrected chi connectivity index (χ0v) is 18.1. The predicted octanol–water partition coefficient (Wildman–Crippen LogP) is 3.32. The highest BCUT2D eigenvalue weighted by Gasteiger charge is 2.52. The van der Waals surface area contributed by atoms with Crippen LogP contribution in [-0.4, -0.2) is 45.0 Å². The minimum Gasteiger partial charge on any atom is -0.292 e. The van der Waals surface area contributed by atoms with E-state index in [0.717, 1.165) is 23.8 Å². The van der Waals surface area contributed by atoms with E-state index < -0.39 is 58.3 Å². The molecule has 0 aromatic heterocycles. The molecule has 0 unspecified atom stereocenters. The Balaban J connectivity index is 1.74. The van der Waals surface area contributed by atoms with Crippen LogP contribution in [0.25, 0.3) is 0 Å². The van der Waals surface area contributed by atoms with E-state index in [1.165, 1.54) is 30.3 Å². The molecular formula is C24H20FN3O6. The quantitative estimate of drug-likeness (QED) is 0.212. The van der Waals surface area contributed by atoms with E-state index in [1.807, 2.05) is 13.0 Å². The van der Waals surface area contributed by atoms with Crippen molar-refractivity contribution < 1.29 is 28.5 Å². The van der Waals surface area contributed by atoms with Crippen molar-refractivity contribution in [2.45, 2.75) is 19.8 Å². The monoisotopic (exact) mass is 465 g/mol. The second kappa shape index (κ2) is 8.97. The minimum absolute atomic E-state index is 0.0517. The Labute approximate surface area is 193 Å². The Morgan fingerprint density at radius 3 is 2.41 bits per heavy atom. The molecule has 10 heteroatoms. The van der Waals surface area contributed by atoms with Crippen LogP contribution in [0.3, 0.4) is 0 Å². The molecule has 9 nitrogen and oxygen atoms in total. The van der Waals surface area contributed by atoms with Crippen molar-refractivity contribution >= 4 is 29.2 Å². The largest absolute Gasteiger partial charge is 0.292 e. The van der Waals surface area contributed by atoms with E-state index in [9.17, 15) is 33.7 Å². The molecule has 1 saturated heterocycles. The first-order valence-corrected chi connectivity index (χ1v) is 10.6. The maximum Gasteiger partial charge on any atom is 0.282 e. The summed E-state index contributed by atoms with van der Waals surface area (Å²) in [5.41, 5.74) is 0.0870. The molecule has 1 heterocycles. The van der Waals surface area contributed by atoms with E-state index in [4.69, 9.17) is 0 Å². The number of nitro groups is 1. The molecule has 0 radical (unpaired) electrons. The number of fused-ring (bicyclic) bond motifs is 1. The van der Waals surface area contributed by atoms with Crippen LogP contribution < -0.4 is 0 Å². The fourth-order valence-electron chi connectivity index (χ4n) is 4.31. The fraction of sp³-hybridized carbons (Fsp3) is 0.250. The molecule has 2 atom stereocenters. The SMILES string of the molecule is CC1=CC[C@@H]2C(=O)N(N(CC(=O)c3ccc(F)cc3)C(=O)c3ccccc3[N+](=O)[O-])C(=O)[C@H]2C1. The van der Waals surface area contributed by atoms with Gasteiger partial charge in [0.15, 0.2) is 5.78 Å². The molecule has 1 fully saturated rings. The summed E-state index contributed by atoms with van der Waals surface area (Å²) < 4.78 is 13.3.